The first-order chi connectivity index (χ1) is 44.6. The van der Waals surface area contributed by atoms with Crippen molar-refractivity contribution >= 4 is 17.9 Å². The number of hydrogen-bond donors (Lipinski definition) is 1. The predicted octanol–water partition coefficient (Wildman–Crippen LogP) is 24.4. The molecule has 0 amide bonds. The smallest absolute Gasteiger partial charge is 0.361 e. The number of esters is 2. The third-order valence-corrected chi connectivity index (χ3v) is 16.8. The molecule has 0 aromatic carbocycles. The van der Waals surface area contributed by atoms with Gasteiger partial charge in [0, 0.05) is 12.8 Å². The first kappa shape index (κ1) is 87.2. The molecular formula is C82H146NO8+. The van der Waals surface area contributed by atoms with Crippen LogP contribution in [-0.4, -0.2) is 87.4 Å². The number of hydrogen-bond acceptors (Lipinski definition) is 7. The van der Waals surface area contributed by atoms with Crippen LogP contribution in [-0.2, 0) is 33.3 Å². The number of allylic oxidation sites excluding steroid dienone is 16. The van der Waals surface area contributed by atoms with Gasteiger partial charge in [-0.3, -0.25) is 9.59 Å². The number of rotatable bonds is 71. The third kappa shape index (κ3) is 73.5. The number of ether oxygens (including phenoxy) is 4. The van der Waals surface area contributed by atoms with Crippen molar-refractivity contribution in [2.75, 3.05) is 47.5 Å². The maximum atomic E-state index is 13.0. The first-order valence-electron chi connectivity index (χ1n) is 38.4. The van der Waals surface area contributed by atoms with E-state index in [0.717, 1.165) is 83.5 Å². The van der Waals surface area contributed by atoms with E-state index in [9.17, 15) is 19.5 Å². The minimum Gasteiger partial charge on any atom is -0.477 e. The van der Waals surface area contributed by atoms with Gasteiger partial charge in [-0.1, -0.05) is 336 Å². The Bertz CT molecular complexity index is 1820. The monoisotopic (exact) mass is 1270 g/mol. The molecule has 9 nitrogen and oxygen atoms in total. The third-order valence-electron chi connectivity index (χ3n) is 16.8. The lowest BCUT2D eigenvalue weighted by molar-refractivity contribution is -0.870. The summed E-state index contributed by atoms with van der Waals surface area (Å²) >= 11 is 0. The Morgan fingerprint density at radius 2 is 0.626 bits per heavy atom. The zero-order chi connectivity index (χ0) is 66.1. The topological polar surface area (TPSA) is 108 Å². The minimum absolute atomic E-state index is 0.181. The molecule has 0 bridgehead atoms. The van der Waals surface area contributed by atoms with E-state index in [1.165, 1.54) is 238 Å². The van der Waals surface area contributed by atoms with Crippen LogP contribution in [0.5, 0.6) is 0 Å². The summed E-state index contributed by atoms with van der Waals surface area (Å²) in [7, 11) is 5.99. The quantitative estimate of drug-likeness (QED) is 0.0211. The fraction of sp³-hybridized carbons (Fsp3) is 0.768. The second-order valence-corrected chi connectivity index (χ2v) is 26.9. The highest BCUT2D eigenvalue weighted by Gasteiger charge is 2.25. The number of nitrogens with zero attached hydrogens (tertiary/aromatic N) is 1. The van der Waals surface area contributed by atoms with Crippen LogP contribution in [0.3, 0.4) is 0 Å². The molecule has 1 N–H and O–H groups in total. The molecule has 91 heavy (non-hydrogen) atoms. The number of quaternary nitrogens is 1. The SMILES string of the molecule is CC/C=C\C/C=C\C/C=C\C/C=C\C/C=C\C/C=C\CCCCCCCCCCCCCCCCCCC(=O)OC(COC(=O)CCCCCCCCCCCCCCCCCCCCC/C=C\C/C=C\CCCCCCC)COC(OCC[N+](C)(C)C)C(=O)O. The summed E-state index contributed by atoms with van der Waals surface area (Å²) < 4.78 is 23.0. The van der Waals surface area contributed by atoms with Gasteiger partial charge in [-0.2, -0.15) is 0 Å². The van der Waals surface area contributed by atoms with Crippen molar-refractivity contribution in [2.24, 2.45) is 0 Å². The van der Waals surface area contributed by atoms with Gasteiger partial charge in [0.2, 0.25) is 0 Å². The Morgan fingerprint density at radius 1 is 0.341 bits per heavy atom. The standard InChI is InChI=1S/C82H145NO8/c1-6-8-10-12-14-16-18-20-22-24-26-28-30-32-34-36-38-39-40-41-43-45-47-49-51-53-55-57-59-61-63-65-67-69-71-73-80(85)91-78(77-90-82(81(86)87)88-75-74-83(3,4)5)76-89-79(84)72-70-68-66-64-62-60-58-56-54-52-50-48-46-44-42-37-35-33-31-29-27-25-23-21-19-17-15-13-11-9-7-2/h8,10,14,16,19-22,25-28,32,34,38-39,78,82H,6-7,9,11-13,15,17-18,23-24,29-31,33,35-37,40-77H2,1-5H3/p+1/b10-8-,16-14-,21-19-,22-20-,27-25-,28-26-,34-32-,39-38-. The molecule has 0 spiro atoms. The summed E-state index contributed by atoms with van der Waals surface area (Å²) in [6, 6.07) is 0. The molecule has 0 aliphatic rings. The molecule has 0 saturated carbocycles. The Kier molecular flexibility index (Phi) is 69.0. The Labute approximate surface area is 562 Å². The van der Waals surface area contributed by atoms with Crippen LogP contribution in [0.25, 0.3) is 0 Å². The van der Waals surface area contributed by atoms with E-state index in [1.54, 1.807) is 0 Å². The average molecular weight is 1270 g/mol. The van der Waals surface area contributed by atoms with Crippen LogP contribution in [0.15, 0.2) is 97.2 Å². The van der Waals surface area contributed by atoms with Gasteiger partial charge in [0.05, 0.1) is 34.4 Å². The highest BCUT2D eigenvalue weighted by Crippen LogP contribution is 2.18. The Balaban J connectivity index is 4.04. The molecule has 9 heteroatoms. The van der Waals surface area contributed by atoms with Crippen molar-refractivity contribution < 1.29 is 42.9 Å². The van der Waals surface area contributed by atoms with Crippen LogP contribution >= 0.6 is 0 Å². The van der Waals surface area contributed by atoms with Gasteiger partial charge >= 0.3 is 17.9 Å². The van der Waals surface area contributed by atoms with Crippen molar-refractivity contribution in [3.8, 4) is 0 Å². The second kappa shape index (κ2) is 72.0. The second-order valence-electron chi connectivity index (χ2n) is 26.9. The fourth-order valence-corrected chi connectivity index (χ4v) is 11.0. The van der Waals surface area contributed by atoms with Crippen LogP contribution in [0.4, 0.5) is 0 Å². The van der Waals surface area contributed by atoms with Crippen LogP contribution in [0.2, 0.25) is 0 Å². The number of carbonyl (C=O) groups is 3. The van der Waals surface area contributed by atoms with E-state index in [2.05, 4.69) is 111 Å². The summed E-state index contributed by atoms with van der Waals surface area (Å²) in [5.74, 6) is -1.99. The normalized spacial score (nSPS) is 13.2. The molecule has 2 unspecified atom stereocenters. The molecule has 526 valence electrons. The summed E-state index contributed by atoms with van der Waals surface area (Å²) in [5.41, 5.74) is 0. The van der Waals surface area contributed by atoms with Crippen molar-refractivity contribution in [2.45, 2.75) is 360 Å². The predicted molar refractivity (Wildman–Crippen MR) is 392 cm³/mol. The van der Waals surface area contributed by atoms with Crippen molar-refractivity contribution in [1.29, 1.82) is 0 Å². The van der Waals surface area contributed by atoms with Gasteiger partial charge in [-0.25, -0.2) is 4.79 Å². The molecule has 0 aliphatic heterocycles. The zero-order valence-corrected chi connectivity index (χ0v) is 60.2. The molecule has 0 rings (SSSR count). The number of carboxylic acid groups (broad SMARTS) is 1. The van der Waals surface area contributed by atoms with Gasteiger partial charge < -0.3 is 28.5 Å². The first-order valence-corrected chi connectivity index (χ1v) is 38.4. The van der Waals surface area contributed by atoms with Crippen LogP contribution in [0.1, 0.15) is 348 Å². The summed E-state index contributed by atoms with van der Waals surface area (Å²) in [5, 5.41) is 9.77. The van der Waals surface area contributed by atoms with Crippen molar-refractivity contribution in [3.63, 3.8) is 0 Å². The van der Waals surface area contributed by atoms with E-state index in [0.29, 0.717) is 17.4 Å². The van der Waals surface area contributed by atoms with Gasteiger partial charge in [-0.05, 0) is 96.3 Å². The lowest BCUT2D eigenvalue weighted by atomic mass is 10.0. The molecular weight excluding hydrogens is 1130 g/mol. The highest BCUT2D eigenvalue weighted by atomic mass is 16.7. The lowest BCUT2D eigenvalue weighted by Crippen LogP contribution is -2.40. The zero-order valence-electron chi connectivity index (χ0n) is 60.2. The van der Waals surface area contributed by atoms with E-state index >= 15 is 0 Å². The van der Waals surface area contributed by atoms with E-state index < -0.39 is 24.3 Å². The van der Waals surface area contributed by atoms with Crippen molar-refractivity contribution in [3.05, 3.63) is 97.2 Å². The summed E-state index contributed by atoms with van der Waals surface area (Å²) in [4.78, 5) is 37.7. The Morgan fingerprint density at radius 3 is 0.934 bits per heavy atom. The molecule has 2 atom stereocenters. The molecule has 0 aromatic heterocycles. The molecule has 0 aromatic rings. The molecule has 0 saturated heterocycles. The van der Waals surface area contributed by atoms with Crippen LogP contribution < -0.4 is 0 Å². The maximum absolute atomic E-state index is 13.0. The summed E-state index contributed by atoms with van der Waals surface area (Å²) in [6.07, 6.45) is 96.8. The highest BCUT2D eigenvalue weighted by molar-refractivity contribution is 5.71. The van der Waals surface area contributed by atoms with E-state index in [1.807, 2.05) is 21.1 Å². The largest absolute Gasteiger partial charge is 0.477 e. The summed E-state index contributed by atoms with van der Waals surface area (Å²) in [6.45, 7) is 4.80. The average Bonchev–Trinajstić information content (AvgIpc) is 3.46. The molecule has 0 fully saturated rings. The minimum atomic E-state index is -1.51. The van der Waals surface area contributed by atoms with Gasteiger partial charge in [0.25, 0.3) is 6.29 Å². The van der Waals surface area contributed by atoms with E-state index in [4.69, 9.17) is 18.9 Å². The maximum Gasteiger partial charge on any atom is 0.361 e. The Hall–Kier alpha value is -3.79. The number of carbonyl (C=O) groups excluding carboxylic acids is 2. The van der Waals surface area contributed by atoms with Gasteiger partial charge in [0.15, 0.2) is 6.10 Å². The fourth-order valence-electron chi connectivity index (χ4n) is 11.0. The number of aliphatic carboxylic acids is 1. The lowest BCUT2D eigenvalue weighted by Gasteiger charge is -2.25. The van der Waals surface area contributed by atoms with Gasteiger partial charge in [0.1, 0.15) is 13.2 Å². The molecule has 0 radical (unpaired) electrons. The van der Waals surface area contributed by atoms with Gasteiger partial charge in [-0.15, -0.1) is 0 Å². The van der Waals surface area contributed by atoms with E-state index in [-0.39, 0.29) is 32.2 Å². The molecule has 0 aliphatic carbocycles. The number of likely N-dealkylation sites (N-methyl/N-ethyl adjacent to an activating group) is 1. The van der Waals surface area contributed by atoms with Crippen LogP contribution in [0, 0.1) is 0 Å². The number of unbranched alkanes of at least 4 members (excludes halogenated alkanes) is 40. The van der Waals surface area contributed by atoms with Crippen molar-refractivity contribution in [1.82, 2.24) is 0 Å². The number of carboxylic acids is 1. The molecule has 0 heterocycles.